The first-order chi connectivity index (χ1) is 6.27. The van der Waals surface area contributed by atoms with Gasteiger partial charge in [-0.15, -0.1) is 0 Å². The van der Waals surface area contributed by atoms with Crippen LogP contribution in [-0.2, 0) is 0 Å². The molecule has 78 valence electrons. The third-order valence-corrected chi connectivity index (χ3v) is 2.83. The van der Waals surface area contributed by atoms with E-state index >= 15 is 0 Å². The molecular weight excluding hydrogens is 164 g/mol. The van der Waals surface area contributed by atoms with E-state index in [4.69, 9.17) is 0 Å². The molecule has 0 aromatic heterocycles. The van der Waals surface area contributed by atoms with Gasteiger partial charge in [0.2, 0.25) is 0 Å². The Bertz CT molecular complexity index is 141. The normalized spacial score (nSPS) is 27.5. The van der Waals surface area contributed by atoms with Gasteiger partial charge < -0.3 is 10.0 Å². The van der Waals surface area contributed by atoms with Gasteiger partial charge in [0.05, 0.1) is 6.61 Å². The number of hydrogen-bond donors (Lipinski definition) is 1. The summed E-state index contributed by atoms with van der Waals surface area (Å²) in [4.78, 5) is 4.74. The largest absolute Gasteiger partial charge is 0.395 e. The molecule has 1 atom stereocenters. The first-order valence-corrected chi connectivity index (χ1v) is 5.31. The van der Waals surface area contributed by atoms with E-state index in [2.05, 4.69) is 23.8 Å². The number of likely N-dealkylation sites (N-methyl/N-ethyl adjacent to an activating group) is 1. The summed E-state index contributed by atoms with van der Waals surface area (Å²) in [6.07, 6.45) is 2.44. The van der Waals surface area contributed by atoms with Crippen molar-refractivity contribution in [2.24, 2.45) is 0 Å². The van der Waals surface area contributed by atoms with Gasteiger partial charge >= 0.3 is 0 Å². The van der Waals surface area contributed by atoms with Crippen molar-refractivity contribution >= 4 is 0 Å². The minimum atomic E-state index is 0.288. The summed E-state index contributed by atoms with van der Waals surface area (Å²) in [5.41, 5.74) is 0. The first kappa shape index (κ1) is 11.0. The van der Waals surface area contributed by atoms with E-state index in [-0.39, 0.29) is 6.61 Å². The second-order valence-electron chi connectivity index (χ2n) is 3.97. The lowest BCUT2D eigenvalue weighted by atomic mass is 10.2. The molecule has 0 saturated carbocycles. The lowest BCUT2D eigenvalue weighted by Gasteiger charge is -2.26. The van der Waals surface area contributed by atoms with Gasteiger partial charge in [-0.1, -0.05) is 6.92 Å². The maximum atomic E-state index is 9.20. The van der Waals surface area contributed by atoms with Gasteiger partial charge in [0, 0.05) is 12.6 Å². The Hall–Kier alpha value is -0.120. The van der Waals surface area contributed by atoms with Gasteiger partial charge in [0.25, 0.3) is 0 Å². The standard InChI is InChI=1S/C10H22N2O/c1-3-5-12-7-4-6-11(2)10(8-12)9-13/h10,13H,3-9H2,1-2H3. The van der Waals surface area contributed by atoms with Crippen molar-refractivity contribution in [3.05, 3.63) is 0 Å². The molecule has 0 bridgehead atoms. The quantitative estimate of drug-likeness (QED) is 0.691. The van der Waals surface area contributed by atoms with Gasteiger partial charge in [-0.2, -0.15) is 0 Å². The van der Waals surface area contributed by atoms with Crippen molar-refractivity contribution in [3.63, 3.8) is 0 Å². The van der Waals surface area contributed by atoms with Crippen LogP contribution >= 0.6 is 0 Å². The monoisotopic (exact) mass is 186 g/mol. The molecule has 1 heterocycles. The predicted molar refractivity (Wildman–Crippen MR) is 54.9 cm³/mol. The molecule has 1 rings (SSSR count). The zero-order chi connectivity index (χ0) is 9.68. The molecule has 1 saturated heterocycles. The summed E-state index contributed by atoms with van der Waals surface area (Å²) < 4.78 is 0. The van der Waals surface area contributed by atoms with Crippen LogP contribution in [0.25, 0.3) is 0 Å². The highest BCUT2D eigenvalue weighted by atomic mass is 16.3. The molecule has 0 aromatic carbocycles. The van der Waals surface area contributed by atoms with Crippen LogP contribution in [-0.4, -0.2) is 60.8 Å². The molecule has 13 heavy (non-hydrogen) atoms. The van der Waals surface area contributed by atoms with E-state index in [1.165, 1.54) is 25.9 Å². The highest BCUT2D eigenvalue weighted by Crippen LogP contribution is 2.07. The lowest BCUT2D eigenvalue weighted by molar-refractivity contribution is 0.131. The van der Waals surface area contributed by atoms with Crippen LogP contribution in [0.3, 0.4) is 0 Å². The summed E-state index contributed by atoms with van der Waals surface area (Å²) in [6, 6.07) is 0.342. The van der Waals surface area contributed by atoms with Crippen molar-refractivity contribution in [3.8, 4) is 0 Å². The van der Waals surface area contributed by atoms with Crippen molar-refractivity contribution in [2.75, 3.05) is 39.8 Å². The molecule has 1 N–H and O–H groups in total. The second-order valence-corrected chi connectivity index (χ2v) is 3.97. The van der Waals surface area contributed by atoms with E-state index < -0.39 is 0 Å². The van der Waals surface area contributed by atoms with Gasteiger partial charge in [-0.3, -0.25) is 4.90 Å². The van der Waals surface area contributed by atoms with Crippen molar-refractivity contribution in [1.82, 2.24) is 9.80 Å². The van der Waals surface area contributed by atoms with E-state index in [1.807, 2.05) is 0 Å². The Balaban J connectivity index is 2.43. The van der Waals surface area contributed by atoms with Crippen LogP contribution in [0.1, 0.15) is 19.8 Å². The molecule has 1 aliphatic heterocycles. The first-order valence-electron chi connectivity index (χ1n) is 5.31. The summed E-state index contributed by atoms with van der Waals surface area (Å²) >= 11 is 0. The molecule has 3 heteroatoms. The second kappa shape index (κ2) is 5.58. The van der Waals surface area contributed by atoms with Crippen LogP contribution in [0, 0.1) is 0 Å². The Kier molecular flexibility index (Phi) is 4.70. The molecular formula is C10H22N2O. The van der Waals surface area contributed by atoms with E-state index in [0.29, 0.717) is 6.04 Å². The Labute approximate surface area is 81.3 Å². The third-order valence-electron chi connectivity index (χ3n) is 2.83. The average Bonchev–Trinajstić information content (AvgIpc) is 2.29. The Morgan fingerprint density at radius 2 is 2.15 bits per heavy atom. The maximum Gasteiger partial charge on any atom is 0.0599 e. The minimum absolute atomic E-state index is 0.288. The van der Waals surface area contributed by atoms with Crippen molar-refractivity contribution < 1.29 is 5.11 Å². The van der Waals surface area contributed by atoms with E-state index in [9.17, 15) is 5.11 Å². The van der Waals surface area contributed by atoms with Crippen molar-refractivity contribution in [1.29, 1.82) is 0 Å². The fourth-order valence-electron chi connectivity index (χ4n) is 1.97. The highest BCUT2D eigenvalue weighted by Gasteiger charge is 2.20. The topological polar surface area (TPSA) is 26.7 Å². The van der Waals surface area contributed by atoms with Gasteiger partial charge in [0.15, 0.2) is 0 Å². The SMILES string of the molecule is CCCN1CCCN(C)C(CO)C1. The van der Waals surface area contributed by atoms with Gasteiger partial charge in [-0.05, 0) is 39.5 Å². The number of nitrogens with zero attached hydrogens (tertiary/aromatic N) is 2. The summed E-state index contributed by atoms with van der Waals surface area (Å²) in [6.45, 7) is 7.00. The van der Waals surface area contributed by atoms with E-state index in [0.717, 1.165) is 13.1 Å². The molecule has 3 nitrogen and oxygen atoms in total. The third kappa shape index (κ3) is 3.25. The summed E-state index contributed by atoms with van der Waals surface area (Å²) in [5, 5.41) is 9.20. The number of aliphatic hydroxyl groups excluding tert-OH is 1. The fraction of sp³-hybridized carbons (Fsp3) is 1.00. The summed E-state index contributed by atoms with van der Waals surface area (Å²) in [7, 11) is 2.11. The Morgan fingerprint density at radius 1 is 1.38 bits per heavy atom. The van der Waals surface area contributed by atoms with Crippen molar-refractivity contribution in [2.45, 2.75) is 25.8 Å². The highest BCUT2D eigenvalue weighted by molar-refractivity contribution is 4.76. The van der Waals surface area contributed by atoms with Crippen LogP contribution in [0.5, 0.6) is 0 Å². The van der Waals surface area contributed by atoms with Crippen LogP contribution in [0.15, 0.2) is 0 Å². The average molecular weight is 186 g/mol. The zero-order valence-corrected chi connectivity index (χ0v) is 8.87. The maximum absolute atomic E-state index is 9.20. The van der Waals surface area contributed by atoms with Crippen LogP contribution in [0.2, 0.25) is 0 Å². The molecule has 0 radical (unpaired) electrons. The van der Waals surface area contributed by atoms with Crippen LogP contribution < -0.4 is 0 Å². The lowest BCUT2D eigenvalue weighted by Crippen LogP contribution is -2.41. The molecule has 0 aromatic rings. The molecule has 0 aliphatic carbocycles. The Morgan fingerprint density at radius 3 is 2.77 bits per heavy atom. The molecule has 1 aliphatic rings. The van der Waals surface area contributed by atoms with E-state index in [1.54, 1.807) is 0 Å². The number of aliphatic hydroxyl groups is 1. The molecule has 1 unspecified atom stereocenters. The number of hydrogen-bond acceptors (Lipinski definition) is 3. The zero-order valence-electron chi connectivity index (χ0n) is 8.87. The van der Waals surface area contributed by atoms with Gasteiger partial charge in [-0.25, -0.2) is 0 Å². The van der Waals surface area contributed by atoms with Crippen LogP contribution in [0.4, 0.5) is 0 Å². The smallest absolute Gasteiger partial charge is 0.0599 e. The fourth-order valence-corrected chi connectivity index (χ4v) is 1.97. The predicted octanol–water partition coefficient (Wildman–Crippen LogP) is 0.395. The summed E-state index contributed by atoms with van der Waals surface area (Å²) in [5.74, 6) is 0. The van der Waals surface area contributed by atoms with Gasteiger partial charge in [0.1, 0.15) is 0 Å². The number of rotatable bonds is 3. The molecule has 0 spiro atoms. The minimum Gasteiger partial charge on any atom is -0.395 e. The molecule has 0 amide bonds. The molecule has 1 fully saturated rings.